The molecule has 0 saturated heterocycles. The summed E-state index contributed by atoms with van der Waals surface area (Å²) >= 11 is 6.18. The van der Waals surface area contributed by atoms with Gasteiger partial charge in [0, 0.05) is 0 Å². The lowest BCUT2D eigenvalue weighted by atomic mass is 9.82. The highest BCUT2D eigenvalue weighted by Crippen LogP contribution is 2.34. The molecule has 0 fully saturated rings. The van der Waals surface area contributed by atoms with Gasteiger partial charge in [-0.1, -0.05) is 45.4 Å². The van der Waals surface area contributed by atoms with Gasteiger partial charge in [0.1, 0.15) is 5.75 Å². The zero-order valence-corrected chi connectivity index (χ0v) is 13.3. The van der Waals surface area contributed by atoms with Gasteiger partial charge in [-0.05, 0) is 41.9 Å². The molecular formula is C16H25ClO2. The summed E-state index contributed by atoms with van der Waals surface area (Å²) in [6.45, 7) is 8.83. The number of aliphatic hydroxyl groups excluding tert-OH is 1. The minimum Gasteiger partial charge on any atom is -0.497 e. The van der Waals surface area contributed by atoms with Crippen LogP contribution in [0.25, 0.3) is 0 Å². The first-order valence-corrected chi connectivity index (χ1v) is 7.12. The van der Waals surface area contributed by atoms with Crippen molar-refractivity contribution in [1.29, 1.82) is 0 Å². The zero-order valence-electron chi connectivity index (χ0n) is 12.5. The molecule has 0 radical (unpaired) electrons. The van der Waals surface area contributed by atoms with E-state index in [0.717, 1.165) is 18.4 Å². The van der Waals surface area contributed by atoms with Crippen molar-refractivity contribution in [3.8, 4) is 5.75 Å². The van der Waals surface area contributed by atoms with E-state index in [0.29, 0.717) is 16.7 Å². The highest BCUT2D eigenvalue weighted by atomic mass is 35.5. The molecule has 0 saturated carbocycles. The molecule has 0 amide bonds. The lowest BCUT2D eigenvalue weighted by Gasteiger charge is -2.25. The van der Waals surface area contributed by atoms with Crippen LogP contribution in [0.2, 0.25) is 5.02 Å². The van der Waals surface area contributed by atoms with Crippen molar-refractivity contribution in [3.63, 3.8) is 0 Å². The van der Waals surface area contributed by atoms with E-state index in [1.807, 2.05) is 12.1 Å². The van der Waals surface area contributed by atoms with Crippen LogP contribution in [0.3, 0.4) is 0 Å². The largest absolute Gasteiger partial charge is 0.497 e. The Kier molecular flexibility index (Phi) is 5.69. The lowest BCUT2D eigenvalue weighted by Crippen LogP contribution is -2.13. The van der Waals surface area contributed by atoms with Crippen LogP contribution in [0.1, 0.15) is 52.2 Å². The molecule has 19 heavy (non-hydrogen) atoms. The summed E-state index contributed by atoms with van der Waals surface area (Å²) in [7, 11) is 1.60. The predicted octanol–water partition coefficient (Wildman–Crippen LogP) is 4.84. The topological polar surface area (TPSA) is 29.5 Å². The molecule has 2 nitrogen and oxygen atoms in total. The Hall–Kier alpha value is -0.730. The van der Waals surface area contributed by atoms with Crippen LogP contribution in [0.5, 0.6) is 5.75 Å². The van der Waals surface area contributed by atoms with Crippen LogP contribution in [-0.4, -0.2) is 12.2 Å². The van der Waals surface area contributed by atoms with Crippen molar-refractivity contribution >= 4 is 11.6 Å². The van der Waals surface area contributed by atoms with Crippen LogP contribution >= 0.6 is 11.6 Å². The highest BCUT2D eigenvalue weighted by Gasteiger charge is 2.20. The van der Waals surface area contributed by atoms with Gasteiger partial charge < -0.3 is 9.84 Å². The summed E-state index contributed by atoms with van der Waals surface area (Å²) in [4.78, 5) is 0. The summed E-state index contributed by atoms with van der Waals surface area (Å²) in [5.41, 5.74) is 1.06. The first-order chi connectivity index (χ1) is 8.73. The van der Waals surface area contributed by atoms with Crippen LogP contribution < -0.4 is 4.74 Å². The van der Waals surface area contributed by atoms with E-state index < -0.39 is 6.10 Å². The van der Waals surface area contributed by atoms with Gasteiger partial charge in [0.05, 0.1) is 18.2 Å². The number of hydrogen-bond donors (Lipinski definition) is 1. The van der Waals surface area contributed by atoms with E-state index in [9.17, 15) is 5.11 Å². The second-order valence-corrected chi connectivity index (χ2v) is 6.92. The third kappa shape index (κ3) is 5.42. The summed E-state index contributed by atoms with van der Waals surface area (Å²) in [6.07, 6.45) is 1.29. The summed E-state index contributed by atoms with van der Waals surface area (Å²) in [5, 5.41) is 10.9. The van der Waals surface area contributed by atoms with Gasteiger partial charge in [0.25, 0.3) is 0 Å². The second kappa shape index (κ2) is 6.62. The Balaban J connectivity index is 2.70. The first kappa shape index (κ1) is 16.3. The van der Waals surface area contributed by atoms with E-state index in [1.165, 1.54) is 0 Å². The van der Waals surface area contributed by atoms with Gasteiger partial charge in [-0.15, -0.1) is 0 Å². The molecule has 0 aliphatic rings. The SMILES string of the molecule is COc1ccc([C@H](O)C[C@H](C)CC(C)(C)C)c(Cl)c1. The number of ether oxygens (including phenoxy) is 1. The minimum atomic E-state index is -0.518. The average Bonchev–Trinajstić information content (AvgIpc) is 2.25. The Morgan fingerprint density at radius 1 is 1.32 bits per heavy atom. The molecule has 2 atom stereocenters. The minimum absolute atomic E-state index is 0.281. The number of halogens is 1. The van der Waals surface area contributed by atoms with Gasteiger partial charge in [-0.2, -0.15) is 0 Å². The lowest BCUT2D eigenvalue weighted by molar-refractivity contribution is 0.134. The molecule has 0 aliphatic heterocycles. The molecular weight excluding hydrogens is 260 g/mol. The molecule has 0 aromatic heterocycles. The number of benzene rings is 1. The molecule has 1 aromatic rings. The third-order valence-corrected chi connectivity index (χ3v) is 3.48. The Morgan fingerprint density at radius 2 is 1.95 bits per heavy atom. The Labute approximate surface area is 121 Å². The maximum Gasteiger partial charge on any atom is 0.120 e. The molecule has 1 N–H and O–H groups in total. The van der Waals surface area contributed by atoms with E-state index >= 15 is 0 Å². The molecule has 0 bridgehead atoms. The predicted molar refractivity (Wildman–Crippen MR) is 80.8 cm³/mol. The Morgan fingerprint density at radius 3 is 2.42 bits per heavy atom. The first-order valence-electron chi connectivity index (χ1n) is 6.74. The average molecular weight is 285 g/mol. The van der Waals surface area contributed by atoms with E-state index in [2.05, 4.69) is 27.7 Å². The third-order valence-electron chi connectivity index (χ3n) is 3.15. The molecule has 1 aromatic carbocycles. The maximum absolute atomic E-state index is 10.3. The van der Waals surface area contributed by atoms with Crippen molar-refractivity contribution in [2.75, 3.05) is 7.11 Å². The van der Waals surface area contributed by atoms with Crippen LogP contribution in [-0.2, 0) is 0 Å². The standard InChI is InChI=1S/C16H25ClO2/c1-11(10-16(2,3)4)8-15(18)13-7-6-12(19-5)9-14(13)17/h6-7,9,11,15,18H,8,10H2,1-5H3/t11-,15+/m0/s1. The number of aliphatic hydroxyl groups is 1. The van der Waals surface area contributed by atoms with Crippen molar-refractivity contribution in [1.82, 2.24) is 0 Å². The van der Waals surface area contributed by atoms with Gasteiger partial charge in [-0.3, -0.25) is 0 Å². The fourth-order valence-electron chi connectivity index (χ4n) is 2.54. The summed E-state index contributed by atoms with van der Waals surface area (Å²) in [5.74, 6) is 1.16. The second-order valence-electron chi connectivity index (χ2n) is 6.51. The van der Waals surface area contributed by atoms with E-state index in [-0.39, 0.29) is 5.41 Å². The fraction of sp³-hybridized carbons (Fsp3) is 0.625. The highest BCUT2D eigenvalue weighted by molar-refractivity contribution is 6.31. The van der Waals surface area contributed by atoms with Crippen molar-refractivity contribution in [2.45, 2.75) is 46.6 Å². The van der Waals surface area contributed by atoms with Gasteiger partial charge >= 0.3 is 0 Å². The summed E-state index contributed by atoms with van der Waals surface area (Å²) in [6, 6.07) is 5.42. The zero-order chi connectivity index (χ0) is 14.6. The molecule has 0 aliphatic carbocycles. The number of hydrogen-bond acceptors (Lipinski definition) is 2. The van der Waals surface area contributed by atoms with Crippen molar-refractivity contribution in [2.24, 2.45) is 11.3 Å². The molecule has 1 rings (SSSR count). The van der Waals surface area contributed by atoms with Crippen molar-refractivity contribution in [3.05, 3.63) is 28.8 Å². The monoisotopic (exact) mass is 284 g/mol. The van der Waals surface area contributed by atoms with Gasteiger partial charge in [0.15, 0.2) is 0 Å². The Bertz CT molecular complexity index is 410. The molecule has 3 heteroatoms. The maximum atomic E-state index is 10.3. The molecule has 0 heterocycles. The number of methoxy groups -OCH3 is 1. The normalized spacial score (nSPS) is 15.1. The number of rotatable bonds is 5. The molecule has 108 valence electrons. The van der Waals surface area contributed by atoms with Gasteiger partial charge in [-0.25, -0.2) is 0 Å². The quantitative estimate of drug-likeness (QED) is 0.838. The molecule has 0 unspecified atom stereocenters. The van der Waals surface area contributed by atoms with Crippen LogP contribution in [0, 0.1) is 11.3 Å². The molecule has 0 spiro atoms. The summed E-state index contributed by atoms with van der Waals surface area (Å²) < 4.78 is 5.11. The van der Waals surface area contributed by atoms with Gasteiger partial charge in [0.2, 0.25) is 0 Å². The van der Waals surface area contributed by atoms with E-state index in [1.54, 1.807) is 13.2 Å². The smallest absolute Gasteiger partial charge is 0.120 e. The van der Waals surface area contributed by atoms with Crippen molar-refractivity contribution < 1.29 is 9.84 Å². The fourth-order valence-corrected chi connectivity index (χ4v) is 2.84. The van der Waals surface area contributed by atoms with Crippen LogP contribution in [0.15, 0.2) is 18.2 Å². The van der Waals surface area contributed by atoms with E-state index in [4.69, 9.17) is 16.3 Å². The van der Waals surface area contributed by atoms with Crippen LogP contribution in [0.4, 0.5) is 0 Å².